The second-order valence-electron chi connectivity index (χ2n) is 6.13. The molecule has 2 N–H and O–H groups in total. The first-order chi connectivity index (χ1) is 9.70. The molecule has 0 saturated heterocycles. The number of aryl methyl sites for hydroxylation is 1. The van der Waals surface area contributed by atoms with E-state index >= 15 is 0 Å². The van der Waals surface area contributed by atoms with Crippen LogP contribution in [0.3, 0.4) is 0 Å². The van der Waals surface area contributed by atoms with Gasteiger partial charge < -0.3 is 10.5 Å². The van der Waals surface area contributed by atoms with Crippen LogP contribution in [0.2, 0.25) is 0 Å². The zero-order valence-electron chi connectivity index (χ0n) is 12.6. The number of nitrogen functional groups attached to an aromatic ring is 1. The van der Waals surface area contributed by atoms with Crippen LogP contribution in [0, 0.1) is 18.6 Å². The van der Waals surface area contributed by atoms with Crippen LogP contribution in [0.25, 0.3) is 0 Å². The molecule has 0 heterocycles. The zero-order valence-corrected chi connectivity index (χ0v) is 12.6. The third kappa shape index (κ3) is 3.15. The molecule has 2 rings (SSSR count). The molecule has 0 saturated carbocycles. The van der Waals surface area contributed by atoms with Crippen LogP contribution in [0.1, 0.15) is 31.9 Å². The molecule has 0 bridgehead atoms. The van der Waals surface area contributed by atoms with Crippen molar-refractivity contribution in [3.63, 3.8) is 0 Å². The Morgan fingerprint density at radius 3 is 2.33 bits per heavy atom. The molecule has 0 aromatic heterocycles. The molecule has 0 aliphatic carbocycles. The summed E-state index contributed by atoms with van der Waals surface area (Å²) < 4.78 is 32.9. The van der Waals surface area contributed by atoms with E-state index in [-0.39, 0.29) is 16.9 Å². The van der Waals surface area contributed by atoms with Gasteiger partial charge in [-0.1, -0.05) is 32.9 Å². The van der Waals surface area contributed by atoms with Gasteiger partial charge in [-0.05, 0) is 36.1 Å². The van der Waals surface area contributed by atoms with Crippen molar-refractivity contribution in [1.82, 2.24) is 0 Å². The summed E-state index contributed by atoms with van der Waals surface area (Å²) in [6.45, 7) is 7.98. The van der Waals surface area contributed by atoms with Crippen molar-refractivity contribution in [3.05, 3.63) is 53.1 Å². The van der Waals surface area contributed by atoms with Crippen LogP contribution in [0.5, 0.6) is 11.5 Å². The van der Waals surface area contributed by atoms with Crippen LogP contribution in [0.15, 0.2) is 30.3 Å². The lowest BCUT2D eigenvalue weighted by Crippen LogP contribution is -2.13. The van der Waals surface area contributed by atoms with Gasteiger partial charge in [0.05, 0.1) is 5.69 Å². The Kier molecular flexibility index (Phi) is 3.90. The second kappa shape index (κ2) is 5.35. The van der Waals surface area contributed by atoms with Crippen molar-refractivity contribution in [2.24, 2.45) is 0 Å². The Labute approximate surface area is 123 Å². The lowest BCUT2D eigenvalue weighted by molar-refractivity contribution is 0.407. The van der Waals surface area contributed by atoms with E-state index in [4.69, 9.17) is 10.5 Å². The van der Waals surface area contributed by atoms with Gasteiger partial charge in [0.25, 0.3) is 0 Å². The fourth-order valence-corrected chi connectivity index (χ4v) is 2.09. The first-order valence-electron chi connectivity index (χ1n) is 6.72. The Morgan fingerprint density at radius 2 is 1.71 bits per heavy atom. The summed E-state index contributed by atoms with van der Waals surface area (Å²) in [5.41, 5.74) is 7.44. The van der Waals surface area contributed by atoms with E-state index < -0.39 is 11.6 Å². The third-order valence-corrected chi connectivity index (χ3v) is 3.24. The van der Waals surface area contributed by atoms with E-state index in [2.05, 4.69) is 0 Å². The summed E-state index contributed by atoms with van der Waals surface area (Å²) in [6, 6.07) is 7.96. The van der Waals surface area contributed by atoms with Crippen LogP contribution < -0.4 is 10.5 Å². The number of hydrogen-bond donors (Lipinski definition) is 1. The number of benzene rings is 2. The van der Waals surface area contributed by atoms with Gasteiger partial charge in [-0.2, -0.15) is 4.39 Å². The molecular formula is C17H19F2NO. The molecule has 21 heavy (non-hydrogen) atoms. The molecule has 2 aromatic carbocycles. The average Bonchev–Trinajstić information content (AvgIpc) is 2.38. The van der Waals surface area contributed by atoms with Crippen molar-refractivity contribution in [1.29, 1.82) is 0 Å². The molecule has 0 unspecified atom stereocenters. The van der Waals surface area contributed by atoms with Crippen molar-refractivity contribution < 1.29 is 13.5 Å². The van der Waals surface area contributed by atoms with Gasteiger partial charge in [-0.3, -0.25) is 0 Å². The largest absolute Gasteiger partial charge is 0.452 e. The normalized spacial score (nSPS) is 11.5. The van der Waals surface area contributed by atoms with E-state index in [9.17, 15) is 8.78 Å². The minimum atomic E-state index is -1.07. The van der Waals surface area contributed by atoms with Crippen molar-refractivity contribution in [3.8, 4) is 11.5 Å². The first-order valence-corrected chi connectivity index (χ1v) is 6.72. The topological polar surface area (TPSA) is 35.2 Å². The van der Waals surface area contributed by atoms with Gasteiger partial charge in [0.2, 0.25) is 5.82 Å². The molecule has 2 aromatic rings. The summed E-state index contributed by atoms with van der Waals surface area (Å²) >= 11 is 0. The molecule has 0 spiro atoms. The minimum absolute atomic E-state index is 0.0651. The van der Waals surface area contributed by atoms with Crippen LogP contribution in [-0.2, 0) is 5.41 Å². The average molecular weight is 291 g/mol. The molecule has 0 atom stereocenters. The van der Waals surface area contributed by atoms with Gasteiger partial charge >= 0.3 is 0 Å². The predicted molar refractivity (Wildman–Crippen MR) is 80.7 cm³/mol. The van der Waals surface area contributed by atoms with Crippen molar-refractivity contribution >= 4 is 5.69 Å². The second-order valence-corrected chi connectivity index (χ2v) is 6.13. The predicted octanol–water partition coefficient (Wildman–Crippen LogP) is 4.95. The van der Waals surface area contributed by atoms with Gasteiger partial charge in [0.15, 0.2) is 11.6 Å². The highest BCUT2D eigenvalue weighted by atomic mass is 19.2. The maximum absolute atomic E-state index is 13.9. The zero-order chi connectivity index (χ0) is 15.8. The minimum Gasteiger partial charge on any atom is -0.452 e. The Hall–Kier alpha value is -2.10. The number of anilines is 1. The molecule has 0 amide bonds. The molecule has 0 aliphatic rings. The third-order valence-electron chi connectivity index (χ3n) is 3.24. The van der Waals surface area contributed by atoms with Gasteiger partial charge in [0, 0.05) is 5.56 Å². The number of nitrogens with two attached hydrogens (primary N) is 1. The molecule has 4 heteroatoms. The summed E-state index contributed by atoms with van der Waals surface area (Å²) in [5, 5.41) is 0. The Bertz CT molecular complexity index is 675. The maximum Gasteiger partial charge on any atom is 0.203 e. The van der Waals surface area contributed by atoms with E-state index in [0.29, 0.717) is 5.75 Å². The van der Waals surface area contributed by atoms with Crippen molar-refractivity contribution in [2.75, 3.05) is 5.73 Å². The SMILES string of the molecule is Cc1ccc(C(C)(C)C)c(Oc2c(N)ccc(F)c2F)c1. The monoisotopic (exact) mass is 291 g/mol. The summed E-state index contributed by atoms with van der Waals surface area (Å²) in [5.74, 6) is -1.84. The quantitative estimate of drug-likeness (QED) is 0.795. The van der Waals surface area contributed by atoms with E-state index in [1.54, 1.807) is 6.07 Å². The summed E-state index contributed by atoms with van der Waals surface area (Å²) in [4.78, 5) is 0. The maximum atomic E-state index is 13.9. The van der Waals surface area contributed by atoms with E-state index in [1.807, 2.05) is 39.8 Å². The number of rotatable bonds is 2. The lowest BCUT2D eigenvalue weighted by Gasteiger charge is -2.23. The Morgan fingerprint density at radius 1 is 1.05 bits per heavy atom. The summed E-state index contributed by atoms with van der Waals surface area (Å²) in [6.07, 6.45) is 0. The van der Waals surface area contributed by atoms with Gasteiger partial charge in [0.1, 0.15) is 5.75 Å². The fraction of sp³-hybridized carbons (Fsp3) is 0.294. The van der Waals surface area contributed by atoms with Crippen LogP contribution >= 0.6 is 0 Å². The fourth-order valence-electron chi connectivity index (χ4n) is 2.09. The summed E-state index contributed by atoms with van der Waals surface area (Å²) in [7, 11) is 0. The van der Waals surface area contributed by atoms with Gasteiger partial charge in [-0.25, -0.2) is 4.39 Å². The number of hydrogen-bond acceptors (Lipinski definition) is 2. The molecule has 112 valence electrons. The molecule has 0 fully saturated rings. The standard InChI is InChI=1S/C17H19F2NO/c1-10-5-6-11(17(2,3)4)14(9-10)21-16-13(20)8-7-12(18)15(16)19/h5-9H,20H2,1-4H3. The smallest absolute Gasteiger partial charge is 0.203 e. The van der Waals surface area contributed by atoms with Crippen LogP contribution in [-0.4, -0.2) is 0 Å². The molecule has 2 nitrogen and oxygen atoms in total. The van der Waals surface area contributed by atoms with Crippen LogP contribution in [0.4, 0.5) is 14.5 Å². The van der Waals surface area contributed by atoms with E-state index in [1.165, 1.54) is 6.07 Å². The lowest BCUT2D eigenvalue weighted by atomic mass is 9.86. The highest BCUT2D eigenvalue weighted by molar-refractivity contribution is 5.56. The molecular weight excluding hydrogens is 272 g/mol. The number of ether oxygens (including phenoxy) is 1. The van der Waals surface area contributed by atoms with Gasteiger partial charge in [-0.15, -0.1) is 0 Å². The molecule has 0 aliphatic heterocycles. The first kappa shape index (κ1) is 15.3. The highest BCUT2D eigenvalue weighted by Gasteiger charge is 2.22. The molecule has 0 radical (unpaired) electrons. The highest BCUT2D eigenvalue weighted by Crippen LogP contribution is 2.38. The van der Waals surface area contributed by atoms with E-state index in [0.717, 1.165) is 17.2 Å². The van der Waals surface area contributed by atoms with Crippen molar-refractivity contribution in [2.45, 2.75) is 33.1 Å². The Balaban J connectivity index is 2.55. The number of halogens is 2.